The molecule has 164 valence electrons. The minimum absolute atomic E-state index is 0.00195. The standard InChI is InChI=1S/C18H37NO7Si2/c1-5-23-27-13-9-11-16(18(21)22)15-17(20)19-12-10-14-28(24-6-2,25-7-3)26-8-4/h16H,5-15H2,1-4H3,(H,19,20)(H,21,22). The van der Waals surface area contributed by atoms with Gasteiger partial charge in [0.1, 0.15) is 0 Å². The van der Waals surface area contributed by atoms with Crippen molar-refractivity contribution in [3.63, 3.8) is 0 Å². The van der Waals surface area contributed by atoms with Crippen LogP contribution in [0.25, 0.3) is 0 Å². The number of carbonyl (C=O) groups excluding carboxylic acids is 1. The van der Waals surface area contributed by atoms with E-state index in [4.69, 9.17) is 17.7 Å². The number of carbonyl (C=O) groups is 2. The van der Waals surface area contributed by atoms with Crippen LogP contribution in [-0.4, -0.2) is 68.5 Å². The van der Waals surface area contributed by atoms with Gasteiger partial charge >= 0.3 is 14.8 Å². The monoisotopic (exact) mass is 435 g/mol. The van der Waals surface area contributed by atoms with E-state index < -0.39 is 20.7 Å². The summed E-state index contributed by atoms with van der Waals surface area (Å²) >= 11 is 0. The molecule has 0 aliphatic rings. The van der Waals surface area contributed by atoms with Crippen molar-refractivity contribution in [1.29, 1.82) is 0 Å². The molecule has 2 radical (unpaired) electrons. The van der Waals surface area contributed by atoms with E-state index in [-0.39, 0.29) is 12.3 Å². The normalized spacial score (nSPS) is 12.7. The molecular formula is C18H37NO7Si2. The van der Waals surface area contributed by atoms with Crippen LogP contribution in [0.5, 0.6) is 0 Å². The summed E-state index contributed by atoms with van der Waals surface area (Å²) in [5.41, 5.74) is 0. The van der Waals surface area contributed by atoms with E-state index >= 15 is 0 Å². The van der Waals surface area contributed by atoms with Crippen molar-refractivity contribution in [1.82, 2.24) is 5.32 Å². The Morgan fingerprint density at radius 1 is 1.00 bits per heavy atom. The van der Waals surface area contributed by atoms with Gasteiger partial charge in [-0.25, -0.2) is 0 Å². The van der Waals surface area contributed by atoms with Gasteiger partial charge in [0.15, 0.2) is 0 Å². The largest absolute Gasteiger partial charge is 0.500 e. The van der Waals surface area contributed by atoms with Gasteiger partial charge in [0.05, 0.1) is 5.92 Å². The zero-order chi connectivity index (χ0) is 21.3. The summed E-state index contributed by atoms with van der Waals surface area (Å²) in [6, 6.07) is 1.45. The van der Waals surface area contributed by atoms with Crippen molar-refractivity contribution < 1.29 is 32.4 Å². The molecule has 0 fully saturated rings. The summed E-state index contributed by atoms with van der Waals surface area (Å²) in [5, 5.41) is 12.1. The van der Waals surface area contributed by atoms with Crippen LogP contribution in [-0.2, 0) is 27.3 Å². The van der Waals surface area contributed by atoms with Crippen molar-refractivity contribution in [3.05, 3.63) is 0 Å². The van der Waals surface area contributed by atoms with Gasteiger partial charge in [0, 0.05) is 45.4 Å². The first-order valence-corrected chi connectivity index (χ1v) is 13.2. The van der Waals surface area contributed by atoms with Crippen molar-refractivity contribution in [2.75, 3.05) is 33.0 Å². The van der Waals surface area contributed by atoms with Crippen molar-refractivity contribution in [3.8, 4) is 0 Å². The number of amides is 1. The summed E-state index contributed by atoms with van der Waals surface area (Å²) < 4.78 is 22.6. The van der Waals surface area contributed by atoms with Gasteiger partial charge in [-0.2, -0.15) is 0 Å². The summed E-state index contributed by atoms with van der Waals surface area (Å²) in [6.07, 6.45) is 1.88. The molecule has 0 saturated carbocycles. The van der Waals surface area contributed by atoms with Crippen LogP contribution in [0, 0.1) is 5.92 Å². The molecule has 0 aromatic carbocycles. The molecule has 0 aliphatic carbocycles. The highest BCUT2D eigenvalue weighted by atomic mass is 28.4. The van der Waals surface area contributed by atoms with E-state index in [9.17, 15) is 14.7 Å². The number of hydrogen-bond donors (Lipinski definition) is 2. The third-order valence-electron chi connectivity index (χ3n) is 3.93. The number of aliphatic carboxylic acids is 1. The van der Waals surface area contributed by atoms with E-state index in [1.807, 2.05) is 27.7 Å². The summed E-state index contributed by atoms with van der Waals surface area (Å²) in [7, 11) is -2.31. The van der Waals surface area contributed by atoms with Crippen LogP contribution in [0.1, 0.15) is 53.4 Å². The molecule has 0 heterocycles. The quantitative estimate of drug-likeness (QED) is 0.237. The smallest absolute Gasteiger partial charge is 0.481 e. The predicted octanol–water partition coefficient (Wildman–Crippen LogP) is 2.49. The number of hydrogen-bond acceptors (Lipinski definition) is 6. The van der Waals surface area contributed by atoms with Crippen LogP contribution in [0.4, 0.5) is 0 Å². The highest BCUT2D eigenvalue weighted by Crippen LogP contribution is 2.18. The zero-order valence-electron chi connectivity index (χ0n) is 17.8. The van der Waals surface area contributed by atoms with Gasteiger partial charge in [-0.3, -0.25) is 9.59 Å². The van der Waals surface area contributed by atoms with Crippen LogP contribution in [0.2, 0.25) is 12.1 Å². The third kappa shape index (κ3) is 12.6. The van der Waals surface area contributed by atoms with Crippen molar-refractivity contribution in [2.45, 2.75) is 65.5 Å². The zero-order valence-corrected chi connectivity index (χ0v) is 19.8. The molecule has 0 saturated heterocycles. The molecule has 0 spiro atoms. The minimum Gasteiger partial charge on any atom is -0.481 e. The first-order valence-electron chi connectivity index (χ1n) is 10.2. The Morgan fingerprint density at radius 2 is 1.61 bits per heavy atom. The second kappa shape index (κ2) is 17.1. The fourth-order valence-electron chi connectivity index (χ4n) is 2.74. The van der Waals surface area contributed by atoms with Gasteiger partial charge < -0.3 is 28.1 Å². The van der Waals surface area contributed by atoms with E-state index in [1.54, 1.807) is 0 Å². The van der Waals surface area contributed by atoms with Gasteiger partial charge in [0.25, 0.3) is 0 Å². The van der Waals surface area contributed by atoms with Gasteiger partial charge in [-0.05, 0) is 46.6 Å². The fourth-order valence-corrected chi connectivity index (χ4v) is 6.05. The Balaban J connectivity index is 4.29. The maximum absolute atomic E-state index is 12.1. The van der Waals surface area contributed by atoms with E-state index in [2.05, 4.69) is 5.32 Å². The number of rotatable bonds is 19. The Labute approximate surface area is 173 Å². The molecule has 28 heavy (non-hydrogen) atoms. The second-order valence-corrected chi connectivity index (χ2v) is 9.95. The predicted molar refractivity (Wildman–Crippen MR) is 110 cm³/mol. The van der Waals surface area contributed by atoms with Gasteiger partial charge in [0.2, 0.25) is 15.7 Å². The Morgan fingerprint density at radius 3 is 2.11 bits per heavy atom. The number of carboxylic acids is 1. The molecule has 2 N–H and O–H groups in total. The maximum atomic E-state index is 12.1. The minimum atomic E-state index is -2.70. The molecule has 1 atom stereocenters. The topological polar surface area (TPSA) is 103 Å². The molecule has 0 bridgehead atoms. The maximum Gasteiger partial charge on any atom is 0.500 e. The molecule has 0 rings (SSSR count). The molecule has 8 nitrogen and oxygen atoms in total. The number of carboxylic acid groups (broad SMARTS) is 1. The van der Waals surface area contributed by atoms with E-state index in [1.165, 1.54) is 0 Å². The lowest BCUT2D eigenvalue weighted by atomic mass is 9.99. The first kappa shape index (κ1) is 27.2. The molecule has 1 amide bonds. The lowest BCUT2D eigenvalue weighted by Gasteiger charge is -2.28. The van der Waals surface area contributed by atoms with Crippen LogP contribution in [0.15, 0.2) is 0 Å². The van der Waals surface area contributed by atoms with Crippen molar-refractivity contribution >= 4 is 30.4 Å². The van der Waals surface area contributed by atoms with Gasteiger partial charge in [-0.15, -0.1) is 0 Å². The Kier molecular flexibility index (Phi) is 16.6. The molecular weight excluding hydrogens is 398 g/mol. The molecule has 0 aromatic heterocycles. The average molecular weight is 436 g/mol. The highest BCUT2D eigenvalue weighted by Gasteiger charge is 2.39. The molecule has 10 heteroatoms. The van der Waals surface area contributed by atoms with Crippen LogP contribution >= 0.6 is 0 Å². The van der Waals surface area contributed by atoms with E-state index in [0.717, 1.165) is 12.5 Å². The summed E-state index contributed by atoms with van der Waals surface area (Å²) in [4.78, 5) is 23.5. The molecule has 1 unspecified atom stereocenters. The molecule has 0 aliphatic heterocycles. The fraction of sp³-hybridized carbons (Fsp3) is 0.889. The second-order valence-electron chi connectivity index (χ2n) is 6.14. The Hall–Kier alpha value is -0.786. The van der Waals surface area contributed by atoms with Crippen molar-refractivity contribution in [2.24, 2.45) is 5.92 Å². The Bertz CT molecular complexity index is 410. The lowest BCUT2D eigenvalue weighted by molar-refractivity contribution is -0.144. The highest BCUT2D eigenvalue weighted by molar-refractivity contribution is 6.60. The molecule has 0 aromatic rings. The third-order valence-corrected chi connectivity index (χ3v) is 8.14. The van der Waals surface area contributed by atoms with Crippen LogP contribution < -0.4 is 5.32 Å². The SMILES string of the molecule is CCO[Si]CCCC(CC(=O)NCCC[Si](OCC)(OCC)OCC)C(=O)O. The lowest BCUT2D eigenvalue weighted by Crippen LogP contribution is -2.46. The average Bonchev–Trinajstić information content (AvgIpc) is 2.64. The van der Waals surface area contributed by atoms with Crippen LogP contribution in [0.3, 0.4) is 0 Å². The first-order chi connectivity index (χ1) is 13.4. The summed E-state index contributed by atoms with van der Waals surface area (Å²) in [5.74, 6) is -1.82. The number of nitrogens with one attached hydrogen (secondary N) is 1. The van der Waals surface area contributed by atoms with Gasteiger partial charge in [-0.1, -0.05) is 6.42 Å². The van der Waals surface area contributed by atoms with E-state index in [0.29, 0.717) is 61.6 Å². The summed E-state index contributed by atoms with van der Waals surface area (Å²) in [6.45, 7) is 10.3.